The highest BCUT2D eigenvalue weighted by molar-refractivity contribution is 7.89. The molecule has 1 aromatic carbocycles. The van der Waals surface area contributed by atoms with Crippen LogP contribution in [0.2, 0.25) is 0 Å². The fourth-order valence-electron chi connectivity index (χ4n) is 2.09. The molecule has 0 aliphatic heterocycles. The lowest BCUT2D eigenvalue weighted by molar-refractivity contribution is -0.123. The van der Waals surface area contributed by atoms with E-state index in [-0.39, 0.29) is 17.0 Å². The smallest absolute Gasteiger partial charge is 0.338 e. The number of urea groups is 1. The van der Waals surface area contributed by atoms with Gasteiger partial charge in [0.15, 0.2) is 6.61 Å². The lowest BCUT2D eigenvalue weighted by Gasteiger charge is -2.08. The number of imide groups is 1. The molecule has 0 fully saturated rings. The van der Waals surface area contributed by atoms with Gasteiger partial charge >= 0.3 is 12.0 Å². The molecule has 2 aromatic rings. The predicted molar refractivity (Wildman–Crippen MR) is 101 cm³/mol. The summed E-state index contributed by atoms with van der Waals surface area (Å²) in [7, 11) is -3.80. The Hall–Kier alpha value is -3.18. The highest BCUT2D eigenvalue weighted by Crippen LogP contribution is 2.12. The SMILES string of the molecule is CCCNC(=O)NC(=O)COC(=O)c1ccc(S(=O)(=O)NCc2ccco2)cc1. The molecule has 0 unspecified atom stereocenters. The van der Waals surface area contributed by atoms with Gasteiger partial charge in [-0.3, -0.25) is 10.1 Å². The van der Waals surface area contributed by atoms with E-state index in [4.69, 9.17) is 9.15 Å². The number of carbonyl (C=O) groups excluding carboxylic acids is 3. The Morgan fingerprint density at radius 1 is 1.10 bits per heavy atom. The first-order valence-electron chi connectivity index (χ1n) is 8.68. The zero-order valence-corrected chi connectivity index (χ0v) is 16.5. The van der Waals surface area contributed by atoms with Crippen LogP contribution in [0.5, 0.6) is 0 Å². The van der Waals surface area contributed by atoms with Crippen LogP contribution in [-0.2, 0) is 26.1 Å². The summed E-state index contributed by atoms with van der Waals surface area (Å²) in [5.41, 5.74) is 0.0539. The average molecular weight is 423 g/mol. The van der Waals surface area contributed by atoms with Crippen LogP contribution in [0, 0.1) is 0 Å². The van der Waals surface area contributed by atoms with E-state index in [1.807, 2.05) is 12.2 Å². The monoisotopic (exact) mass is 423 g/mol. The summed E-state index contributed by atoms with van der Waals surface area (Å²) in [6.45, 7) is 1.60. The molecule has 156 valence electrons. The van der Waals surface area contributed by atoms with E-state index in [1.54, 1.807) is 12.1 Å². The molecule has 0 atom stereocenters. The molecule has 0 saturated heterocycles. The maximum atomic E-state index is 12.2. The van der Waals surface area contributed by atoms with Crippen molar-refractivity contribution in [2.75, 3.05) is 13.2 Å². The second kappa shape index (κ2) is 10.4. The van der Waals surface area contributed by atoms with Crippen LogP contribution in [0.1, 0.15) is 29.5 Å². The van der Waals surface area contributed by atoms with Gasteiger partial charge in [-0.25, -0.2) is 22.7 Å². The van der Waals surface area contributed by atoms with Crippen molar-refractivity contribution in [3.63, 3.8) is 0 Å². The molecule has 11 heteroatoms. The zero-order valence-electron chi connectivity index (χ0n) is 15.6. The second-order valence-electron chi connectivity index (χ2n) is 5.81. The number of hydrogen-bond donors (Lipinski definition) is 3. The fraction of sp³-hybridized carbons (Fsp3) is 0.278. The summed E-state index contributed by atoms with van der Waals surface area (Å²) >= 11 is 0. The summed E-state index contributed by atoms with van der Waals surface area (Å²) in [5.74, 6) is -1.16. The van der Waals surface area contributed by atoms with Crippen molar-refractivity contribution in [1.29, 1.82) is 0 Å². The molecule has 2 rings (SSSR count). The maximum absolute atomic E-state index is 12.2. The number of sulfonamides is 1. The molecular formula is C18H21N3O7S. The number of nitrogens with one attached hydrogen (secondary N) is 3. The van der Waals surface area contributed by atoms with Gasteiger partial charge in [-0.05, 0) is 42.8 Å². The molecule has 0 spiro atoms. The second-order valence-corrected chi connectivity index (χ2v) is 7.58. The normalized spacial score (nSPS) is 10.9. The zero-order chi connectivity index (χ0) is 21.3. The third-order valence-electron chi connectivity index (χ3n) is 3.54. The number of hydrogen-bond acceptors (Lipinski definition) is 7. The van der Waals surface area contributed by atoms with Gasteiger partial charge in [0.25, 0.3) is 5.91 Å². The van der Waals surface area contributed by atoms with Crippen LogP contribution in [0.3, 0.4) is 0 Å². The van der Waals surface area contributed by atoms with E-state index >= 15 is 0 Å². The van der Waals surface area contributed by atoms with Crippen molar-refractivity contribution < 1.29 is 32.0 Å². The van der Waals surface area contributed by atoms with Crippen LogP contribution < -0.4 is 15.4 Å². The van der Waals surface area contributed by atoms with Crippen molar-refractivity contribution in [2.45, 2.75) is 24.8 Å². The quantitative estimate of drug-likeness (QED) is 0.513. The summed E-state index contributed by atoms with van der Waals surface area (Å²) in [6, 6.07) is 7.58. The molecule has 3 N–H and O–H groups in total. The minimum Gasteiger partial charge on any atom is -0.468 e. The van der Waals surface area contributed by atoms with E-state index in [0.717, 1.165) is 0 Å². The molecule has 0 aliphatic rings. The van der Waals surface area contributed by atoms with Crippen molar-refractivity contribution in [3.8, 4) is 0 Å². The predicted octanol–water partition coefficient (Wildman–Crippen LogP) is 1.15. The summed E-state index contributed by atoms with van der Waals surface area (Å²) in [4.78, 5) is 34.8. The number of esters is 1. The molecule has 0 saturated carbocycles. The number of ether oxygens (including phenoxy) is 1. The molecule has 1 aromatic heterocycles. The van der Waals surface area contributed by atoms with Gasteiger partial charge in [-0.1, -0.05) is 6.92 Å². The molecule has 0 radical (unpaired) electrons. The van der Waals surface area contributed by atoms with Gasteiger partial charge < -0.3 is 14.5 Å². The molecule has 0 bridgehead atoms. The van der Waals surface area contributed by atoms with Gasteiger partial charge in [0, 0.05) is 6.54 Å². The number of benzene rings is 1. The third-order valence-corrected chi connectivity index (χ3v) is 4.96. The van der Waals surface area contributed by atoms with Crippen molar-refractivity contribution >= 4 is 27.9 Å². The largest absolute Gasteiger partial charge is 0.468 e. The lowest BCUT2D eigenvalue weighted by Crippen LogP contribution is -2.41. The first kappa shape index (κ1) is 22.1. The Bertz CT molecular complexity index is 938. The Kier molecular flexibility index (Phi) is 7.92. The Morgan fingerprint density at radius 3 is 2.45 bits per heavy atom. The van der Waals surface area contributed by atoms with Crippen LogP contribution in [0.15, 0.2) is 52.0 Å². The van der Waals surface area contributed by atoms with Crippen LogP contribution >= 0.6 is 0 Å². The van der Waals surface area contributed by atoms with Gasteiger partial charge in [0.2, 0.25) is 10.0 Å². The van der Waals surface area contributed by atoms with E-state index in [2.05, 4.69) is 10.0 Å². The number of rotatable bonds is 9. The number of amides is 3. The van der Waals surface area contributed by atoms with E-state index in [9.17, 15) is 22.8 Å². The highest BCUT2D eigenvalue weighted by atomic mass is 32.2. The van der Waals surface area contributed by atoms with Gasteiger partial charge in [-0.15, -0.1) is 0 Å². The van der Waals surface area contributed by atoms with Gasteiger partial charge in [0.1, 0.15) is 5.76 Å². The third kappa shape index (κ3) is 7.05. The lowest BCUT2D eigenvalue weighted by atomic mass is 10.2. The maximum Gasteiger partial charge on any atom is 0.338 e. The highest BCUT2D eigenvalue weighted by Gasteiger charge is 2.17. The first-order valence-corrected chi connectivity index (χ1v) is 10.2. The Labute approximate surface area is 167 Å². The number of furan rings is 1. The number of carbonyl (C=O) groups is 3. The summed E-state index contributed by atoms with van der Waals surface area (Å²) in [5, 5.41) is 4.46. The van der Waals surface area contributed by atoms with Crippen molar-refractivity contribution in [2.24, 2.45) is 0 Å². The first-order chi connectivity index (χ1) is 13.8. The van der Waals surface area contributed by atoms with Gasteiger partial charge in [0.05, 0.1) is 23.3 Å². The standard InChI is InChI=1S/C18H21N3O7S/c1-2-9-19-18(24)21-16(22)12-28-17(23)13-5-7-15(8-6-13)29(25,26)20-11-14-4-3-10-27-14/h3-8,10,20H,2,9,11-12H2,1H3,(H2,19,21,22,24). The van der Waals surface area contributed by atoms with E-state index < -0.39 is 34.5 Å². The van der Waals surface area contributed by atoms with Crippen LogP contribution in [0.25, 0.3) is 0 Å². The molecule has 10 nitrogen and oxygen atoms in total. The van der Waals surface area contributed by atoms with E-state index in [0.29, 0.717) is 18.7 Å². The van der Waals surface area contributed by atoms with Crippen molar-refractivity contribution in [3.05, 3.63) is 54.0 Å². The molecule has 29 heavy (non-hydrogen) atoms. The molecule has 0 aliphatic carbocycles. The van der Waals surface area contributed by atoms with Crippen LogP contribution in [0.4, 0.5) is 4.79 Å². The van der Waals surface area contributed by atoms with Gasteiger partial charge in [-0.2, -0.15) is 0 Å². The van der Waals surface area contributed by atoms with Crippen LogP contribution in [-0.4, -0.2) is 39.5 Å². The summed E-state index contributed by atoms with van der Waals surface area (Å²) < 4.78 is 36.7. The van der Waals surface area contributed by atoms with Crippen molar-refractivity contribution in [1.82, 2.24) is 15.4 Å². The Morgan fingerprint density at radius 2 is 1.83 bits per heavy atom. The minimum absolute atomic E-state index is 0.0138. The molecule has 3 amide bonds. The minimum atomic E-state index is -3.80. The molecule has 1 heterocycles. The average Bonchev–Trinajstić information content (AvgIpc) is 3.23. The Balaban J connectivity index is 1.86. The fourth-order valence-corrected chi connectivity index (χ4v) is 3.09. The molecular weight excluding hydrogens is 402 g/mol. The van der Waals surface area contributed by atoms with E-state index in [1.165, 1.54) is 30.5 Å². The topological polar surface area (TPSA) is 144 Å². The summed E-state index contributed by atoms with van der Waals surface area (Å²) in [6.07, 6.45) is 2.14.